The molecule has 3 rings (SSSR count). The predicted molar refractivity (Wildman–Crippen MR) is 104 cm³/mol. The van der Waals surface area contributed by atoms with Gasteiger partial charge >= 0.3 is 0 Å². The van der Waals surface area contributed by atoms with E-state index >= 15 is 0 Å². The van der Waals surface area contributed by atoms with Gasteiger partial charge in [-0.05, 0) is 38.5 Å². The Morgan fingerprint density at radius 3 is 2.43 bits per heavy atom. The van der Waals surface area contributed by atoms with Gasteiger partial charge in [0.05, 0.1) is 18.9 Å². The third kappa shape index (κ3) is 4.73. The lowest BCUT2D eigenvalue weighted by molar-refractivity contribution is -0.116. The number of hydrogen-bond donors (Lipinski definition) is 1. The minimum atomic E-state index is -0.206. The average Bonchev–Trinajstić information content (AvgIpc) is 3.13. The molecule has 0 fully saturated rings. The van der Waals surface area contributed by atoms with Crippen LogP contribution in [0.15, 0.2) is 36.4 Å². The van der Waals surface area contributed by atoms with Gasteiger partial charge < -0.3 is 24.3 Å². The maximum atomic E-state index is 12.3. The summed E-state index contributed by atoms with van der Waals surface area (Å²) in [7, 11) is 0. The Labute approximate surface area is 163 Å². The van der Waals surface area contributed by atoms with E-state index in [1.54, 1.807) is 12.1 Å². The molecule has 0 bridgehead atoms. The van der Waals surface area contributed by atoms with Crippen molar-refractivity contribution in [2.45, 2.75) is 26.7 Å². The Balaban J connectivity index is 1.53. The van der Waals surface area contributed by atoms with Crippen LogP contribution in [0.4, 0.5) is 5.69 Å². The number of fused-ring (bicyclic) bond motifs is 1. The van der Waals surface area contributed by atoms with Crippen LogP contribution in [-0.2, 0) is 4.79 Å². The summed E-state index contributed by atoms with van der Waals surface area (Å²) in [6, 6.07) is 10.6. The molecule has 0 radical (unpaired) electrons. The lowest BCUT2D eigenvalue weighted by atomic mass is 10.1. The molecular weight excluding hydrogens is 362 g/mol. The van der Waals surface area contributed by atoms with Gasteiger partial charge in [0.15, 0.2) is 28.8 Å². The lowest BCUT2D eigenvalue weighted by Crippen LogP contribution is -2.15. The third-order valence-electron chi connectivity index (χ3n) is 4.12. The van der Waals surface area contributed by atoms with Crippen molar-refractivity contribution < 1.29 is 28.5 Å². The van der Waals surface area contributed by atoms with Gasteiger partial charge in [0, 0.05) is 18.1 Å². The highest BCUT2D eigenvalue weighted by atomic mass is 16.7. The number of para-hydroxylation sites is 2. The van der Waals surface area contributed by atoms with E-state index in [1.165, 1.54) is 6.92 Å². The third-order valence-corrected chi connectivity index (χ3v) is 4.12. The molecular formula is C21H23NO6. The molecule has 2 aromatic rings. The number of nitrogens with one attached hydrogen (secondary N) is 1. The molecule has 0 atom stereocenters. The summed E-state index contributed by atoms with van der Waals surface area (Å²) in [4.78, 5) is 24.2. The van der Waals surface area contributed by atoms with Crippen molar-refractivity contribution in [2.24, 2.45) is 0 Å². The van der Waals surface area contributed by atoms with Crippen molar-refractivity contribution >= 4 is 17.4 Å². The normalized spacial score (nSPS) is 11.8. The van der Waals surface area contributed by atoms with Gasteiger partial charge in [-0.15, -0.1) is 0 Å². The van der Waals surface area contributed by atoms with E-state index in [4.69, 9.17) is 18.9 Å². The molecule has 0 aromatic heterocycles. The van der Waals surface area contributed by atoms with Gasteiger partial charge in [0.1, 0.15) is 0 Å². The largest absolute Gasteiger partial charge is 0.490 e. The summed E-state index contributed by atoms with van der Waals surface area (Å²) in [6.45, 7) is 4.38. The summed E-state index contributed by atoms with van der Waals surface area (Å²) < 4.78 is 21.8. The molecule has 7 heteroatoms. The zero-order chi connectivity index (χ0) is 19.9. The van der Waals surface area contributed by atoms with Crippen LogP contribution in [0.2, 0.25) is 0 Å². The van der Waals surface area contributed by atoms with Crippen LogP contribution in [0.5, 0.6) is 23.0 Å². The molecule has 0 aliphatic carbocycles. The number of ether oxygens (including phenoxy) is 4. The van der Waals surface area contributed by atoms with Crippen LogP contribution in [-0.4, -0.2) is 31.7 Å². The van der Waals surface area contributed by atoms with Crippen molar-refractivity contribution in [3.05, 3.63) is 42.0 Å². The van der Waals surface area contributed by atoms with Crippen LogP contribution < -0.4 is 24.3 Å². The number of hydrogen-bond acceptors (Lipinski definition) is 6. The van der Waals surface area contributed by atoms with E-state index < -0.39 is 0 Å². The molecule has 148 valence electrons. The number of carbonyl (C=O) groups excluding carboxylic acids is 2. The monoisotopic (exact) mass is 385 g/mol. The maximum absolute atomic E-state index is 12.3. The molecule has 28 heavy (non-hydrogen) atoms. The smallest absolute Gasteiger partial charge is 0.231 e. The molecule has 7 nitrogen and oxygen atoms in total. The van der Waals surface area contributed by atoms with Crippen molar-refractivity contribution in [2.75, 3.05) is 25.3 Å². The zero-order valence-corrected chi connectivity index (χ0v) is 15.9. The molecule has 0 spiro atoms. The summed E-state index contributed by atoms with van der Waals surface area (Å²) >= 11 is 0. The quantitative estimate of drug-likeness (QED) is 0.522. The highest BCUT2D eigenvalue weighted by molar-refractivity contribution is 6.04. The first-order valence-corrected chi connectivity index (χ1v) is 9.17. The van der Waals surface area contributed by atoms with E-state index in [0.717, 1.165) is 0 Å². The molecule has 1 aliphatic heterocycles. The van der Waals surface area contributed by atoms with Gasteiger partial charge in [0.2, 0.25) is 12.7 Å². The zero-order valence-electron chi connectivity index (χ0n) is 15.9. The number of carbonyl (C=O) groups is 2. The molecule has 1 heterocycles. The SMILES string of the molecule is CCOc1ccccc1OCCCC(=O)Nc1cc2c(cc1C(C)=O)OCO2. The highest BCUT2D eigenvalue weighted by Crippen LogP contribution is 2.37. The molecule has 1 N–H and O–H groups in total. The van der Waals surface area contributed by atoms with E-state index in [0.29, 0.717) is 53.9 Å². The number of ketones is 1. The Hall–Kier alpha value is -3.22. The van der Waals surface area contributed by atoms with E-state index in [9.17, 15) is 9.59 Å². The van der Waals surface area contributed by atoms with Gasteiger partial charge in [-0.1, -0.05) is 12.1 Å². The second-order valence-corrected chi connectivity index (χ2v) is 6.19. The Morgan fingerprint density at radius 2 is 1.75 bits per heavy atom. The maximum Gasteiger partial charge on any atom is 0.231 e. The topological polar surface area (TPSA) is 83.1 Å². The van der Waals surface area contributed by atoms with Gasteiger partial charge in [-0.3, -0.25) is 9.59 Å². The van der Waals surface area contributed by atoms with Gasteiger partial charge in [-0.25, -0.2) is 0 Å². The first kappa shape index (κ1) is 19.5. The molecule has 0 saturated carbocycles. The summed E-state index contributed by atoms with van der Waals surface area (Å²) in [5.74, 6) is 1.98. The first-order valence-electron chi connectivity index (χ1n) is 9.17. The van der Waals surface area contributed by atoms with E-state index in [1.807, 2.05) is 31.2 Å². The van der Waals surface area contributed by atoms with Crippen molar-refractivity contribution in [3.63, 3.8) is 0 Å². The second kappa shape index (κ2) is 9.12. The van der Waals surface area contributed by atoms with Crippen LogP contribution in [0.1, 0.15) is 37.0 Å². The van der Waals surface area contributed by atoms with Crippen LogP contribution >= 0.6 is 0 Å². The first-order chi connectivity index (χ1) is 13.6. The number of rotatable bonds is 9. The van der Waals surface area contributed by atoms with Crippen molar-refractivity contribution in [1.82, 2.24) is 0 Å². The minimum absolute atomic E-state index is 0.102. The van der Waals surface area contributed by atoms with Gasteiger partial charge in [-0.2, -0.15) is 0 Å². The van der Waals surface area contributed by atoms with Gasteiger partial charge in [0.25, 0.3) is 0 Å². The molecule has 1 amide bonds. The lowest BCUT2D eigenvalue weighted by Gasteiger charge is -2.12. The Kier molecular flexibility index (Phi) is 6.37. The molecule has 0 unspecified atom stereocenters. The van der Waals surface area contributed by atoms with Crippen LogP contribution in [0, 0.1) is 0 Å². The van der Waals surface area contributed by atoms with E-state index in [-0.39, 0.29) is 24.9 Å². The number of benzene rings is 2. The predicted octanol–water partition coefficient (Wildman–Crippen LogP) is 3.81. The van der Waals surface area contributed by atoms with Crippen molar-refractivity contribution in [1.29, 1.82) is 0 Å². The van der Waals surface area contributed by atoms with Crippen LogP contribution in [0.25, 0.3) is 0 Å². The fraction of sp³-hybridized carbons (Fsp3) is 0.333. The number of Topliss-reactive ketones (excluding diaryl/α,β-unsaturated/α-hetero) is 1. The van der Waals surface area contributed by atoms with Crippen LogP contribution in [0.3, 0.4) is 0 Å². The second-order valence-electron chi connectivity index (χ2n) is 6.19. The Morgan fingerprint density at radius 1 is 1.07 bits per heavy atom. The molecule has 2 aromatic carbocycles. The standard InChI is InChI=1S/C21H23NO6/c1-3-25-17-7-4-5-8-18(17)26-10-6-9-21(24)22-16-12-20-19(27-13-28-20)11-15(16)14(2)23/h4-5,7-8,11-12H,3,6,9-10,13H2,1-2H3,(H,22,24). The van der Waals surface area contributed by atoms with E-state index in [2.05, 4.69) is 5.32 Å². The molecule has 0 saturated heterocycles. The number of anilines is 1. The summed E-state index contributed by atoms with van der Waals surface area (Å²) in [5.41, 5.74) is 0.809. The Bertz CT molecular complexity index is 864. The minimum Gasteiger partial charge on any atom is -0.490 e. The van der Waals surface area contributed by atoms with Crippen molar-refractivity contribution in [3.8, 4) is 23.0 Å². The fourth-order valence-electron chi connectivity index (χ4n) is 2.81. The summed E-state index contributed by atoms with van der Waals surface area (Å²) in [6.07, 6.45) is 0.773. The fourth-order valence-corrected chi connectivity index (χ4v) is 2.81. The number of amides is 1. The summed E-state index contributed by atoms with van der Waals surface area (Å²) in [5, 5.41) is 2.78. The highest BCUT2D eigenvalue weighted by Gasteiger charge is 2.20. The molecule has 1 aliphatic rings. The average molecular weight is 385 g/mol.